The minimum atomic E-state index is -0.132. The second kappa shape index (κ2) is 7.37. The van der Waals surface area contributed by atoms with E-state index in [0.29, 0.717) is 12.0 Å². The number of nitrogens with zero attached hydrogens (tertiary/aromatic N) is 1. The first-order valence-electron chi connectivity index (χ1n) is 6.67. The highest BCUT2D eigenvalue weighted by Crippen LogP contribution is 2.24. The zero-order valence-corrected chi connectivity index (χ0v) is 12.6. The van der Waals surface area contributed by atoms with E-state index in [1.165, 1.54) is 12.8 Å². The van der Waals surface area contributed by atoms with Crippen molar-refractivity contribution in [1.82, 2.24) is 4.90 Å². The van der Waals surface area contributed by atoms with Crippen LogP contribution in [0.2, 0.25) is 0 Å². The van der Waals surface area contributed by atoms with Gasteiger partial charge in [-0.3, -0.25) is 9.69 Å². The number of carbonyl (C=O) groups is 1. The van der Waals surface area contributed by atoms with Gasteiger partial charge in [-0.25, -0.2) is 0 Å². The third-order valence-corrected chi connectivity index (χ3v) is 4.74. The van der Waals surface area contributed by atoms with Gasteiger partial charge in [0.25, 0.3) is 0 Å². The highest BCUT2D eigenvalue weighted by atomic mass is 79.9. The van der Waals surface area contributed by atoms with Crippen molar-refractivity contribution in [2.45, 2.75) is 45.6 Å². The Bertz CT molecular complexity index is 248. The largest absolute Gasteiger partial charge is 0.369 e. The standard InChI is InChI=1S/C13H25BrN2O/c1-3-4-11(7-14)8-16-9-12(13(15)17)6-5-10(16)2/h10-12H,3-9H2,1-2H3,(H2,15,17). The molecule has 3 nitrogen and oxygen atoms in total. The number of piperidine rings is 1. The zero-order valence-electron chi connectivity index (χ0n) is 11.0. The summed E-state index contributed by atoms with van der Waals surface area (Å²) in [5.74, 6) is 0.616. The van der Waals surface area contributed by atoms with Gasteiger partial charge in [-0.2, -0.15) is 0 Å². The highest BCUT2D eigenvalue weighted by Gasteiger charge is 2.29. The molecular formula is C13H25BrN2O. The van der Waals surface area contributed by atoms with Crippen molar-refractivity contribution in [2.75, 3.05) is 18.4 Å². The first kappa shape index (κ1) is 15.0. The summed E-state index contributed by atoms with van der Waals surface area (Å²) >= 11 is 3.59. The van der Waals surface area contributed by atoms with Gasteiger partial charge < -0.3 is 5.73 Å². The van der Waals surface area contributed by atoms with Crippen LogP contribution in [0.1, 0.15) is 39.5 Å². The summed E-state index contributed by atoms with van der Waals surface area (Å²) in [7, 11) is 0. The molecular weight excluding hydrogens is 280 g/mol. The van der Waals surface area contributed by atoms with Gasteiger partial charge in [0.2, 0.25) is 5.91 Å². The first-order chi connectivity index (χ1) is 8.08. The predicted molar refractivity (Wildman–Crippen MR) is 75.1 cm³/mol. The summed E-state index contributed by atoms with van der Waals surface area (Å²) in [5, 5.41) is 1.05. The second-order valence-electron chi connectivity index (χ2n) is 5.29. The van der Waals surface area contributed by atoms with E-state index >= 15 is 0 Å². The summed E-state index contributed by atoms with van der Waals surface area (Å²) in [6, 6.07) is 0.587. The molecule has 1 amide bonds. The predicted octanol–water partition coefficient (Wildman–Crippen LogP) is 2.38. The molecule has 1 aliphatic rings. The van der Waals surface area contributed by atoms with Gasteiger partial charge >= 0.3 is 0 Å². The summed E-state index contributed by atoms with van der Waals surface area (Å²) in [4.78, 5) is 13.7. The molecule has 2 N–H and O–H groups in total. The first-order valence-corrected chi connectivity index (χ1v) is 7.79. The SMILES string of the molecule is CCCC(CBr)CN1CC(C(N)=O)CCC1C. The van der Waals surface area contributed by atoms with E-state index in [-0.39, 0.29) is 11.8 Å². The maximum Gasteiger partial charge on any atom is 0.221 e. The second-order valence-corrected chi connectivity index (χ2v) is 5.94. The van der Waals surface area contributed by atoms with Crippen molar-refractivity contribution in [3.63, 3.8) is 0 Å². The maximum absolute atomic E-state index is 11.3. The number of halogens is 1. The average Bonchev–Trinajstić information content (AvgIpc) is 2.30. The van der Waals surface area contributed by atoms with Crippen molar-refractivity contribution in [2.24, 2.45) is 17.6 Å². The Balaban J connectivity index is 2.51. The monoisotopic (exact) mass is 304 g/mol. The lowest BCUT2D eigenvalue weighted by Crippen LogP contribution is -2.47. The summed E-state index contributed by atoms with van der Waals surface area (Å²) < 4.78 is 0. The molecule has 0 aromatic carbocycles. The molecule has 100 valence electrons. The molecule has 1 aliphatic heterocycles. The van der Waals surface area contributed by atoms with Crippen LogP contribution in [0.4, 0.5) is 0 Å². The van der Waals surface area contributed by atoms with Gasteiger partial charge in [-0.1, -0.05) is 29.3 Å². The van der Waals surface area contributed by atoms with Crippen LogP contribution < -0.4 is 5.73 Å². The van der Waals surface area contributed by atoms with Crippen LogP contribution >= 0.6 is 15.9 Å². The van der Waals surface area contributed by atoms with Crippen LogP contribution in [0.25, 0.3) is 0 Å². The van der Waals surface area contributed by atoms with Gasteiger partial charge in [0, 0.05) is 24.5 Å². The Morgan fingerprint density at radius 3 is 2.76 bits per heavy atom. The topological polar surface area (TPSA) is 46.3 Å². The van der Waals surface area contributed by atoms with E-state index in [9.17, 15) is 4.79 Å². The van der Waals surface area contributed by atoms with E-state index in [4.69, 9.17) is 5.73 Å². The number of alkyl halides is 1. The molecule has 0 bridgehead atoms. The maximum atomic E-state index is 11.3. The molecule has 3 unspecified atom stereocenters. The fraction of sp³-hybridized carbons (Fsp3) is 0.923. The van der Waals surface area contributed by atoms with Gasteiger partial charge in [0.1, 0.15) is 0 Å². The normalized spacial score (nSPS) is 27.9. The van der Waals surface area contributed by atoms with Gasteiger partial charge in [0.15, 0.2) is 0 Å². The lowest BCUT2D eigenvalue weighted by atomic mass is 9.91. The van der Waals surface area contributed by atoms with Crippen LogP contribution in [0, 0.1) is 11.8 Å². The van der Waals surface area contributed by atoms with Gasteiger partial charge in [-0.05, 0) is 32.1 Å². The molecule has 0 aliphatic carbocycles. The number of carbonyl (C=O) groups excluding carboxylic acids is 1. The molecule has 4 heteroatoms. The molecule has 1 saturated heterocycles. The Kier molecular flexibility index (Phi) is 6.49. The molecule has 1 heterocycles. The fourth-order valence-corrected chi connectivity index (χ4v) is 3.15. The third-order valence-electron chi connectivity index (χ3n) is 3.82. The summed E-state index contributed by atoms with van der Waals surface area (Å²) in [6.45, 7) is 6.42. The van der Waals surface area contributed by atoms with Gasteiger partial charge in [0.05, 0.1) is 5.92 Å². The molecule has 17 heavy (non-hydrogen) atoms. The quantitative estimate of drug-likeness (QED) is 0.766. The number of hydrogen-bond acceptors (Lipinski definition) is 2. The highest BCUT2D eigenvalue weighted by molar-refractivity contribution is 9.09. The van der Waals surface area contributed by atoms with Crippen molar-refractivity contribution in [3.05, 3.63) is 0 Å². The average molecular weight is 305 g/mol. The molecule has 0 aromatic rings. The molecule has 0 aromatic heterocycles. The lowest BCUT2D eigenvalue weighted by Gasteiger charge is -2.38. The number of primary amides is 1. The van der Waals surface area contributed by atoms with E-state index in [1.54, 1.807) is 0 Å². The van der Waals surface area contributed by atoms with Crippen LogP contribution in [-0.2, 0) is 4.79 Å². The van der Waals surface area contributed by atoms with Crippen molar-refractivity contribution in [3.8, 4) is 0 Å². The molecule has 0 radical (unpaired) electrons. The summed E-state index contributed by atoms with van der Waals surface area (Å²) in [5.41, 5.74) is 5.42. The molecule has 0 saturated carbocycles. The van der Waals surface area contributed by atoms with E-state index in [0.717, 1.165) is 31.3 Å². The smallest absolute Gasteiger partial charge is 0.221 e. The summed E-state index contributed by atoms with van der Waals surface area (Å²) in [6.07, 6.45) is 4.52. The molecule has 3 atom stereocenters. The van der Waals surface area contributed by atoms with Crippen LogP contribution in [0.5, 0.6) is 0 Å². The number of nitrogens with two attached hydrogens (primary N) is 1. The number of rotatable bonds is 6. The Morgan fingerprint density at radius 1 is 1.53 bits per heavy atom. The lowest BCUT2D eigenvalue weighted by molar-refractivity contribution is -0.124. The van der Waals surface area contributed by atoms with E-state index in [1.807, 2.05) is 0 Å². The zero-order chi connectivity index (χ0) is 12.8. The van der Waals surface area contributed by atoms with Crippen molar-refractivity contribution < 1.29 is 4.79 Å². The number of hydrogen-bond donors (Lipinski definition) is 1. The molecule has 1 rings (SSSR count). The minimum absolute atomic E-state index is 0.0591. The fourth-order valence-electron chi connectivity index (χ4n) is 2.62. The van der Waals surface area contributed by atoms with Crippen molar-refractivity contribution in [1.29, 1.82) is 0 Å². The minimum Gasteiger partial charge on any atom is -0.369 e. The van der Waals surface area contributed by atoms with Gasteiger partial charge in [-0.15, -0.1) is 0 Å². The van der Waals surface area contributed by atoms with E-state index < -0.39 is 0 Å². The number of amides is 1. The number of likely N-dealkylation sites (tertiary alicyclic amines) is 1. The Labute approximate surface area is 113 Å². The Hall–Kier alpha value is -0.0900. The van der Waals surface area contributed by atoms with Crippen LogP contribution in [0.3, 0.4) is 0 Å². The van der Waals surface area contributed by atoms with Crippen LogP contribution in [-0.4, -0.2) is 35.3 Å². The molecule has 1 fully saturated rings. The Morgan fingerprint density at radius 2 is 2.24 bits per heavy atom. The van der Waals surface area contributed by atoms with E-state index in [2.05, 4.69) is 34.7 Å². The van der Waals surface area contributed by atoms with Crippen LogP contribution in [0.15, 0.2) is 0 Å². The van der Waals surface area contributed by atoms with Crippen molar-refractivity contribution >= 4 is 21.8 Å². The molecule has 0 spiro atoms. The third kappa shape index (κ3) is 4.59.